The molecule has 2 nitrogen and oxygen atoms in total. The van der Waals surface area contributed by atoms with Gasteiger partial charge in [0.15, 0.2) is 0 Å². The maximum Gasteiger partial charge on any atom is 0.136 e. The van der Waals surface area contributed by atoms with E-state index in [1.165, 1.54) is 54.4 Å². The minimum Gasteiger partial charge on any atom is -0.456 e. The Balaban J connectivity index is 1.09. The fourth-order valence-electron chi connectivity index (χ4n) is 9.23. The van der Waals surface area contributed by atoms with Crippen LogP contribution in [0.3, 0.4) is 0 Å². The van der Waals surface area contributed by atoms with Gasteiger partial charge in [0.1, 0.15) is 11.2 Å². The van der Waals surface area contributed by atoms with Crippen LogP contribution in [0.15, 0.2) is 205 Å². The summed E-state index contributed by atoms with van der Waals surface area (Å²) in [6.45, 7) is 0. The molecule has 0 unspecified atom stereocenters. The zero-order chi connectivity index (χ0) is 37.5. The largest absolute Gasteiger partial charge is 0.456 e. The molecule has 12 rings (SSSR count). The van der Waals surface area contributed by atoms with Crippen molar-refractivity contribution in [2.24, 2.45) is 0 Å². The molecule has 0 N–H and O–H groups in total. The summed E-state index contributed by atoms with van der Waals surface area (Å²) in [5, 5.41) is 13.3. The molecule has 12 aromatic rings. The van der Waals surface area contributed by atoms with Crippen LogP contribution in [-0.4, -0.2) is 4.98 Å². The van der Waals surface area contributed by atoms with E-state index in [0.29, 0.717) is 0 Å². The first-order valence-electron chi connectivity index (χ1n) is 19.5. The summed E-state index contributed by atoms with van der Waals surface area (Å²) >= 11 is 0. The van der Waals surface area contributed by atoms with Crippen LogP contribution in [0.2, 0.25) is 0 Å². The third-order valence-electron chi connectivity index (χ3n) is 11.8. The minimum absolute atomic E-state index is 0.847. The molecule has 2 heterocycles. The highest BCUT2D eigenvalue weighted by Crippen LogP contribution is 2.46. The Bertz CT molecular complexity index is 3560. The van der Waals surface area contributed by atoms with Crippen molar-refractivity contribution < 1.29 is 4.42 Å². The molecular formula is C55H33NO. The fraction of sp³-hybridized carbons (Fsp3) is 0. The molecule has 0 aliphatic rings. The Morgan fingerprint density at radius 2 is 0.825 bits per heavy atom. The van der Waals surface area contributed by atoms with Crippen LogP contribution in [-0.2, 0) is 0 Å². The molecule has 0 radical (unpaired) electrons. The van der Waals surface area contributed by atoms with Gasteiger partial charge in [-0.25, -0.2) is 4.98 Å². The van der Waals surface area contributed by atoms with E-state index >= 15 is 0 Å². The predicted octanol–water partition coefficient (Wildman–Crippen LogP) is 15.4. The monoisotopic (exact) mass is 723 g/mol. The number of hydrogen-bond acceptors (Lipinski definition) is 2. The summed E-state index contributed by atoms with van der Waals surface area (Å²) in [5.41, 5.74) is 11.6. The van der Waals surface area contributed by atoms with Gasteiger partial charge in [0, 0.05) is 27.1 Å². The van der Waals surface area contributed by atoms with Gasteiger partial charge in [-0.1, -0.05) is 170 Å². The van der Waals surface area contributed by atoms with Crippen molar-refractivity contribution in [2.45, 2.75) is 0 Å². The van der Waals surface area contributed by atoms with Crippen molar-refractivity contribution in [1.29, 1.82) is 0 Å². The number of fused-ring (bicyclic) bond motifs is 12. The maximum absolute atomic E-state index is 6.65. The van der Waals surface area contributed by atoms with Crippen molar-refractivity contribution in [1.82, 2.24) is 4.98 Å². The van der Waals surface area contributed by atoms with Gasteiger partial charge >= 0.3 is 0 Å². The highest BCUT2D eigenvalue weighted by Gasteiger charge is 2.20. The molecule has 0 aliphatic carbocycles. The lowest BCUT2D eigenvalue weighted by molar-refractivity contribution is 0.669. The molecule has 0 saturated carbocycles. The van der Waals surface area contributed by atoms with E-state index < -0.39 is 0 Å². The van der Waals surface area contributed by atoms with E-state index in [2.05, 4.69) is 194 Å². The van der Waals surface area contributed by atoms with E-state index in [1.807, 2.05) is 6.07 Å². The Hall–Kier alpha value is -7.55. The molecule has 0 aliphatic heterocycles. The molecule has 10 aromatic carbocycles. The number of aromatic nitrogens is 1. The number of hydrogen-bond donors (Lipinski definition) is 0. The standard InChI is InChI=1S/C55H33NO/c1-2-15-39-34(13-1)25-26-35-28-30-51(56-55(35)39)37-32-50(54-48-23-11-12-24-52(48)57-53(54)33-37)46-22-10-8-17-41(46)40-16-4-3-14-38(40)36-27-29-47-44-20-6-5-18-42(44)43-19-7-9-21-45(43)49(47)31-36/h1-33H. The molecule has 264 valence electrons. The maximum atomic E-state index is 6.65. The van der Waals surface area contributed by atoms with Crippen LogP contribution >= 0.6 is 0 Å². The average molecular weight is 724 g/mol. The van der Waals surface area contributed by atoms with Gasteiger partial charge in [-0.05, 0) is 101 Å². The zero-order valence-electron chi connectivity index (χ0n) is 30.9. The van der Waals surface area contributed by atoms with Crippen molar-refractivity contribution in [3.8, 4) is 44.6 Å². The van der Waals surface area contributed by atoms with Crippen LogP contribution in [0.4, 0.5) is 0 Å². The summed E-state index contributed by atoms with van der Waals surface area (Å²) in [7, 11) is 0. The van der Waals surface area contributed by atoms with Gasteiger partial charge < -0.3 is 4.42 Å². The quantitative estimate of drug-likeness (QED) is 0.169. The highest BCUT2D eigenvalue weighted by molar-refractivity contribution is 6.26. The van der Waals surface area contributed by atoms with Crippen molar-refractivity contribution in [2.75, 3.05) is 0 Å². The van der Waals surface area contributed by atoms with Crippen molar-refractivity contribution in [3.05, 3.63) is 200 Å². The fourth-order valence-corrected chi connectivity index (χ4v) is 9.23. The van der Waals surface area contributed by atoms with Crippen molar-refractivity contribution >= 4 is 75.9 Å². The normalized spacial score (nSPS) is 11.9. The Morgan fingerprint density at radius 3 is 1.56 bits per heavy atom. The first kappa shape index (κ1) is 31.8. The molecule has 0 fully saturated rings. The number of pyridine rings is 1. The molecule has 2 heteroatoms. The van der Waals surface area contributed by atoms with Crippen LogP contribution < -0.4 is 0 Å². The minimum atomic E-state index is 0.847. The topological polar surface area (TPSA) is 26.0 Å². The highest BCUT2D eigenvalue weighted by atomic mass is 16.3. The molecule has 2 aromatic heterocycles. The van der Waals surface area contributed by atoms with E-state index in [0.717, 1.165) is 66.2 Å². The SMILES string of the molecule is c1ccc(-c2ccccc2-c2cc(-c3ccc4ccc5ccccc5c4n3)cc3oc4ccccc4c23)c(-c2ccc3c4ccccc4c4ccccc4c3c2)c1. The van der Waals surface area contributed by atoms with Gasteiger partial charge in [0.05, 0.1) is 11.2 Å². The predicted molar refractivity (Wildman–Crippen MR) is 241 cm³/mol. The molecule has 57 heavy (non-hydrogen) atoms. The van der Waals surface area contributed by atoms with Crippen molar-refractivity contribution in [3.63, 3.8) is 0 Å². The van der Waals surface area contributed by atoms with Gasteiger partial charge in [0.2, 0.25) is 0 Å². The second-order valence-corrected chi connectivity index (χ2v) is 15.0. The number of benzene rings is 10. The van der Waals surface area contributed by atoms with E-state index in [4.69, 9.17) is 9.40 Å². The van der Waals surface area contributed by atoms with Gasteiger partial charge in [0.25, 0.3) is 0 Å². The summed E-state index contributed by atoms with van der Waals surface area (Å²) in [6, 6.07) is 72.2. The zero-order valence-corrected chi connectivity index (χ0v) is 30.9. The van der Waals surface area contributed by atoms with Crippen LogP contribution in [0, 0.1) is 0 Å². The Kier molecular flexibility index (Phi) is 6.96. The lowest BCUT2D eigenvalue weighted by Crippen LogP contribution is -1.92. The van der Waals surface area contributed by atoms with Gasteiger partial charge in [-0.15, -0.1) is 0 Å². The smallest absolute Gasteiger partial charge is 0.136 e. The number of furan rings is 1. The lowest BCUT2D eigenvalue weighted by atomic mass is 9.86. The molecule has 0 amide bonds. The number of nitrogens with zero attached hydrogens (tertiary/aromatic N) is 1. The second kappa shape index (κ2) is 12.5. The lowest BCUT2D eigenvalue weighted by Gasteiger charge is -2.17. The van der Waals surface area contributed by atoms with Crippen LogP contribution in [0.1, 0.15) is 0 Å². The van der Waals surface area contributed by atoms with Gasteiger partial charge in [-0.3, -0.25) is 0 Å². The molecular weight excluding hydrogens is 691 g/mol. The van der Waals surface area contributed by atoms with E-state index in [9.17, 15) is 0 Å². The second-order valence-electron chi connectivity index (χ2n) is 15.0. The molecule has 0 spiro atoms. The van der Waals surface area contributed by atoms with E-state index in [1.54, 1.807) is 0 Å². The van der Waals surface area contributed by atoms with Gasteiger partial charge in [-0.2, -0.15) is 0 Å². The summed E-state index contributed by atoms with van der Waals surface area (Å²) in [5.74, 6) is 0. The summed E-state index contributed by atoms with van der Waals surface area (Å²) in [4.78, 5) is 5.33. The Labute approximate surface area is 328 Å². The van der Waals surface area contributed by atoms with Crippen LogP contribution in [0.5, 0.6) is 0 Å². The average Bonchev–Trinajstić information content (AvgIpc) is 3.67. The number of rotatable bonds is 4. The first-order chi connectivity index (χ1) is 28.3. The Morgan fingerprint density at radius 1 is 0.298 bits per heavy atom. The number of para-hydroxylation sites is 1. The first-order valence-corrected chi connectivity index (χ1v) is 19.5. The third-order valence-corrected chi connectivity index (χ3v) is 11.8. The van der Waals surface area contributed by atoms with E-state index in [-0.39, 0.29) is 0 Å². The summed E-state index contributed by atoms with van der Waals surface area (Å²) in [6.07, 6.45) is 0. The molecule has 0 atom stereocenters. The third kappa shape index (κ3) is 4.94. The molecule has 0 saturated heterocycles. The van der Waals surface area contributed by atoms with Crippen LogP contribution in [0.25, 0.3) is 121 Å². The summed E-state index contributed by atoms with van der Waals surface area (Å²) < 4.78 is 6.65. The molecule has 0 bridgehead atoms.